The van der Waals surface area contributed by atoms with Crippen LogP contribution in [-0.2, 0) is 7.05 Å². The van der Waals surface area contributed by atoms with E-state index >= 15 is 0 Å². The molecule has 9 nitrogen and oxygen atoms in total. The summed E-state index contributed by atoms with van der Waals surface area (Å²) in [7, 11) is 4.13. The van der Waals surface area contributed by atoms with Gasteiger partial charge in [-0.25, -0.2) is 4.98 Å². The monoisotopic (exact) mass is 591 g/mol. The van der Waals surface area contributed by atoms with Crippen molar-refractivity contribution in [1.29, 1.82) is 0 Å². The fourth-order valence-corrected chi connectivity index (χ4v) is 4.85. The number of nitrogens with zero attached hydrogens (tertiary/aromatic N) is 5. The normalized spacial score (nSPS) is 14.5. The Morgan fingerprint density at radius 3 is 2.62 bits per heavy atom. The summed E-state index contributed by atoms with van der Waals surface area (Å²) < 4.78 is 9.16. The molecule has 0 saturated carbocycles. The topological polar surface area (TPSA) is 87.6 Å². The van der Waals surface area contributed by atoms with Gasteiger partial charge in [0.15, 0.2) is 0 Å². The molecule has 0 atom stereocenters. The Kier molecular flexibility index (Phi) is 8.44. The Labute approximate surface area is 237 Å². The van der Waals surface area contributed by atoms with Gasteiger partial charge in [0.05, 0.1) is 11.0 Å². The van der Waals surface area contributed by atoms with Crippen molar-refractivity contribution in [1.82, 2.24) is 29.7 Å². The second-order valence-electron chi connectivity index (χ2n) is 9.97. The summed E-state index contributed by atoms with van der Waals surface area (Å²) >= 11 is 3.54. The number of imidazole rings is 1. The molecular weight excluding hydrogens is 558 g/mol. The fraction of sp³-hybridized carbons (Fsp3) is 0.345. The third kappa shape index (κ3) is 6.76. The van der Waals surface area contributed by atoms with Crippen LogP contribution < -0.4 is 15.4 Å². The number of piperazine rings is 1. The summed E-state index contributed by atoms with van der Waals surface area (Å²) in [6.07, 6.45) is 2.50. The summed E-state index contributed by atoms with van der Waals surface area (Å²) in [6, 6.07) is 15.3. The van der Waals surface area contributed by atoms with Crippen molar-refractivity contribution >= 4 is 44.5 Å². The highest BCUT2D eigenvalue weighted by Crippen LogP contribution is 2.29. The van der Waals surface area contributed by atoms with Gasteiger partial charge in [-0.05, 0) is 68.9 Å². The highest BCUT2D eigenvalue weighted by molar-refractivity contribution is 9.10. The summed E-state index contributed by atoms with van der Waals surface area (Å²) in [5.41, 5.74) is 4.23. The number of carbonyl (C=O) groups excluding carboxylic acids is 1. The van der Waals surface area contributed by atoms with Crippen LogP contribution in [0.1, 0.15) is 22.5 Å². The predicted molar refractivity (Wildman–Crippen MR) is 158 cm³/mol. The van der Waals surface area contributed by atoms with Gasteiger partial charge in [0.25, 0.3) is 5.91 Å². The number of fused-ring (bicyclic) bond motifs is 1. The zero-order valence-electron chi connectivity index (χ0n) is 22.6. The number of aryl methyl sites for hydroxylation is 2. The first kappa shape index (κ1) is 27.1. The molecular formula is C29H34BrN7O2. The number of rotatable bonds is 9. The lowest BCUT2D eigenvalue weighted by molar-refractivity contribution is 0.0944. The van der Waals surface area contributed by atoms with E-state index in [0.29, 0.717) is 23.7 Å². The zero-order chi connectivity index (χ0) is 27.4. The van der Waals surface area contributed by atoms with Crippen LogP contribution in [0.25, 0.3) is 11.0 Å². The van der Waals surface area contributed by atoms with Gasteiger partial charge in [0, 0.05) is 68.3 Å². The number of pyridine rings is 1. The lowest BCUT2D eigenvalue weighted by Gasteiger charge is -2.32. The van der Waals surface area contributed by atoms with Crippen molar-refractivity contribution in [3.8, 4) is 11.5 Å². The second kappa shape index (κ2) is 12.1. The van der Waals surface area contributed by atoms with Crippen LogP contribution in [0, 0.1) is 6.92 Å². The average Bonchev–Trinajstić information content (AvgIpc) is 3.23. The summed E-state index contributed by atoms with van der Waals surface area (Å²) in [4.78, 5) is 26.5. The van der Waals surface area contributed by atoms with Crippen molar-refractivity contribution < 1.29 is 9.53 Å². The van der Waals surface area contributed by atoms with E-state index in [1.165, 1.54) is 0 Å². The lowest BCUT2D eigenvalue weighted by Crippen LogP contribution is -2.45. The summed E-state index contributed by atoms with van der Waals surface area (Å²) in [5, 5.41) is 6.37. The number of carbonyl (C=O) groups is 1. The molecule has 39 heavy (non-hydrogen) atoms. The van der Waals surface area contributed by atoms with Crippen molar-refractivity contribution in [2.75, 3.05) is 51.6 Å². The second-order valence-corrected chi connectivity index (χ2v) is 10.8. The molecule has 2 aromatic heterocycles. The number of aromatic nitrogens is 3. The molecule has 3 heterocycles. The van der Waals surface area contributed by atoms with Crippen molar-refractivity contribution in [3.63, 3.8) is 0 Å². The standard InChI is InChI=1S/C29H34BrN7O2/c1-20-17-21(5-7-24(20)30)33-29-34-25-18-22(6-8-27(25)36(29)3)39-23-9-11-31-26(19-23)28(38)32-10-4-12-37-15-13-35(2)14-16-37/h5-9,11,17-19H,4,10,12-16H2,1-3H3,(H,32,38)(H,33,34). The maximum absolute atomic E-state index is 12.7. The Balaban J connectivity index is 1.19. The minimum absolute atomic E-state index is 0.196. The number of nitrogens with one attached hydrogen (secondary N) is 2. The van der Waals surface area contributed by atoms with Crippen molar-refractivity contribution in [2.45, 2.75) is 13.3 Å². The number of anilines is 2. The number of hydrogen-bond donors (Lipinski definition) is 2. The van der Waals surface area contributed by atoms with Crippen LogP contribution in [-0.4, -0.2) is 76.6 Å². The Hall–Kier alpha value is -3.47. The van der Waals surface area contributed by atoms with Gasteiger partial charge in [-0.2, -0.15) is 0 Å². The third-order valence-electron chi connectivity index (χ3n) is 7.00. The highest BCUT2D eigenvalue weighted by Gasteiger charge is 2.14. The van der Waals surface area contributed by atoms with E-state index in [1.807, 2.05) is 41.9 Å². The molecule has 2 N–H and O–H groups in total. The van der Waals surface area contributed by atoms with Crippen LogP contribution in [0.3, 0.4) is 0 Å². The minimum atomic E-state index is -0.196. The molecule has 0 spiro atoms. The van der Waals surface area contributed by atoms with Gasteiger partial charge in [0.1, 0.15) is 17.2 Å². The van der Waals surface area contributed by atoms with E-state index < -0.39 is 0 Å². The van der Waals surface area contributed by atoms with Gasteiger partial charge in [-0.15, -0.1) is 0 Å². The molecule has 10 heteroatoms. The van der Waals surface area contributed by atoms with E-state index in [2.05, 4.69) is 61.4 Å². The zero-order valence-corrected chi connectivity index (χ0v) is 24.2. The summed E-state index contributed by atoms with van der Waals surface area (Å²) in [6.45, 7) is 8.01. The van der Waals surface area contributed by atoms with Crippen LogP contribution in [0.5, 0.6) is 11.5 Å². The Morgan fingerprint density at radius 1 is 1.03 bits per heavy atom. The molecule has 1 amide bonds. The van der Waals surface area contributed by atoms with Gasteiger partial charge in [0.2, 0.25) is 5.95 Å². The van der Waals surface area contributed by atoms with E-state index in [9.17, 15) is 4.79 Å². The van der Waals surface area contributed by atoms with Crippen LogP contribution >= 0.6 is 15.9 Å². The molecule has 0 unspecified atom stereocenters. The van der Waals surface area contributed by atoms with E-state index in [1.54, 1.807) is 18.3 Å². The number of hydrogen-bond acceptors (Lipinski definition) is 7. The quantitative estimate of drug-likeness (QED) is 0.266. The Morgan fingerprint density at radius 2 is 1.82 bits per heavy atom. The van der Waals surface area contributed by atoms with Gasteiger partial charge in [-0.1, -0.05) is 15.9 Å². The molecule has 4 aromatic rings. The lowest BCUT2D eigenvalue weighted by atomic mass is 10.2. The number of ether oxygens (including phenoxy) is 1. The molecule has 0 aliphatic carbocycles. The molecule has 204 valence electrons. The van der Waals surface area contributed by atoms with E-state index in [-0.39, 0.29) is 5.91 Å². The van der Waals surface area contributed by atoms with Gasteiger partial charge >= 0.3 is 0 Å². The SMILES string of the molecule is Cc1cc(Nc2nc3cc(Oc4ccnc(C(=O)NCCCN5CCN(C)CC5)c4)ccc3n2C)ccc1Br. The first-order chi connectivity index (χ1) is 18.9. The van der Waals surface area contributed by atoms with E-state index in [0.717, 1.165) is 71.8 Å². The number of amides is 1. The predicted octanol–water partition coefficient (Wildman–Crippen LogP) is 4.94. The van der Waals surface area contributed by atoms with Crippen molar-refractivity contribution in [3.05, 3.63) is 70.5 Å². The first-order valence-corrected chi connectivity index (χ1v) is 14.0. The molecule has 1 fully saturated rings. The molecule has 0 bridgehead atoms. The molecule has 1 aliphatic heterocycles. The maximum atomic E-state index is 12.7. The number of benzene rings is 2. The van der Waals surface area contributed by atoms with Gasteiger partial charge < -0.3 is 29.7 Å². The van der Waals surface area contributed by atoms with Crippen molar-refractivity contribution in [2.24, 2.45) is 7.05 Å². The third-order valence-corrected chi connectivity index (χ3v) is 7.89. The molecule has 5 rings (SSSR count). The van der Waals surface area contributed by atoms with Crippen LogP contribution in [0.4, 0.5) is 11.6 Å². The molecule has 1 saturated heterocycles. The summed E-state index contributed by atoms with van der Waals surface area (Å²) in [5.74, 6) is 1.72. The Bertz CT molecular complexity index is 1460. The largest absolute Gasteiger partial charge is 0.457 e. The van der Waals surface area contributed by atoms with Crippen LogP contribution in [0.15, 0.2) is 59.2 Å². The molecule has 1 aliphatic rings. The molecule has 0 radical (unpaired) electrons. The fourth-order valence-electron chi connectivity index (χ4n) is 4.61. The van der Waals surface area contributed by atoms with Gasteiger partial charge in [-0.3, -0.25) is 9.78 Å². The van der Waals surface area contributed by atoms with E-state index in [4.69, 9.17) is 9.72 Å². The first-order valence-electron chi connectivity index (χ1n) is 13.2. The number of halogens is 1. The molecule has 2 aromatic carbocycles. The minimum Gasteiger partial charge on any atom is -0.457 e. The average molecular weight is 593 g/mol. The highest BCUT2D eigenvalue weighted by atomic mass is 79.9. The van der Waals surface area contributed by atoms with Crippen LogP contribution in [0.2, 0.25) is 0 Å². The smallest absolute Gasteiger partial charge is 0.270 e. The number of likely N-dealkylation sites (N-methyl/N-ethyl adjacent to an activating group) is 1. The maximum Gasteiger partial charge on any atom is 0.270 e.